The molecule has 1 aliphatic carbocycles. The topological polar surface area (TPSA) is 146 Å². The van der Waals surface area contributed by atoms with Crippen LogP contribution in [0.3, 0.4) is 0 Å². The van der Waals surface area contributed by atoms with Gasteiger partial charge in [0, 0.05) is 51.4 Å². The highest BCUT2D eigenvalue weighted by Gasteiger charge is 2.45. The lowest BCUT2D eigenvalue weighted by Crippen LogP contribution is -2.54. The van der Waals surface area contributed by atoms with Crippen molar-refractivity contribution in [3.63, 3.8) is 0 Å². The first-order valence-corrected chi connectivity index (χ1v) is 19.0. The number of carbonyl (C=O) groups excluding carboxylic acids is 5. The van der Waals surface area contributed by atoms with Crippen LogP contribution in [-0.4, -0.2) is 82.1 Å². The Morgan fingerprint density at radius 1 is 0.926 bits per heavy atom. The molecule has 3 aromatic rings. The minimum atomic E-state index is -0.965. The fourth-order valence-electron chi connectivity index (χ4n) is 8.42. The van der Waals surface area contributed by atoms with Crippen LogP contribution >= 0.6 is 11.6 Å². The summed E-state index contributed by atoms with van der Waals surface area (Å²) in [6, 6.07) is 11.6. The molecular weight excluding hydrogens is 710 g/mol. The summed E-state index contributed by atoms with van der Waals surface area (Å²) >= 11 is 6.15. The average Bonchev–Trinajstić information content (AvgIpc) is 3.67. The van der Waals surface area contributed by atoms with Gasteiger partial charge in [0.25, 0.3) is 17.7 Å². The Morgan fingerprint density at radius 3 is 2.24 bits per heavy atom. The third-order valence-electron chi connectivity index (χ3n) is 11.4. The summed E-state index contributed by atoms with van der Waals surface area (Å²) in [5.41, 5.74) is 3.65. The number of carbonyl (C=O) groups is 5. The summed E-state index contributed by atoms with van der Waals surface area (Å²) in [7, 11) is 0. The van der Waals surface area contributed by atoms with Crippen molar-refractivity contribution in [2.75, 3.05) is 24.5 Å². The molecule has 5 heterocycles. The summed E-state index contributed by atoms with van der Waals surface area (Å²) in [6.45, 7) is 11.2. The van der Waals surface area contributed by atoms with E-state index in [1.807, 2.05) is 24.3 Å². The molecule has 2 saturated heterocycles. The number of halogens is 1. The van der Waals surface area contributed by atoms with Crippen molar-refractivity contribution in [1.82, 2.24) is 25.4 Å². The van der Waals surface area contributed by atoms with Crippen molar-refractivity contribution < 1.29 is 28.7 Å². The van der Waals surface area contributed by atoms with Gasteiger partial charge in [0.1, 0.15) is 17.6 Å². The van der Waals surface area contributed by atoms with Crippen molar-refractivity contribution in [3.05, 3.63) is 92.9 Å². The van der Waals surface area contributed by atoms with E-state index in [1.165, 1.54) is 0 Å². The molecule has 0 spiro atoms. The number of rotatable bonds is 8. The highest BCUT2D eigenvalue weighted by molar-refractivity contribution is 6.33. The number of benzene rings is 2. The van der Waals surface area contributed by atoms with Gasteiger partial charge in [0.15, 0.2) is 0 Å². The molecule has 14 heteroatoms. The lowest BCUT2D eigenvalue weighted by atomic mass is 9.92. The number of amides is 5. The van der Waals surface area contributed by atoms with Crippen LogP contribution < -0.4 is 20.3 Å². The van der Waals surface area contributed by atoms with Crippen LogP contribution in [0.1, 0.15) is 93.6 Å². The van der Waals surface area contributed by atoms with Gasteiger partial charge in [0.05, 0.1) is 34.4 Å². The number of piperidine rings is 2. The van der Waals surface area contributed by atoms with Gasteiger partial charge >= 0.3 is 0 Å². The summed E-state index contributed by atoms with van der Waals surface area (Å²) in [5, 5.41) is 5.78. The number of fused-ring (bicyclic) bond motifs is 2. The van der Waals surface area contributed by atoms with Gasteiger partial charge in [-0.15, -0.1) is 0 Å². The van der Waals surface area contributed by atoms with Gasteiger partial charge in [-0.25, -0.2) is 9.83 Å². The fourth-order valence-corrected chi connectivity index (χ4v) is 8.64. The standard InChI is InChI=1S/C40H40ClN7O6/c1-42-33-8-7-29(18-32(33)41)54-28-5-3-27(4-6-28)44-37(50)24-2-10-35(43-19-24)47-14-12-23(13-15-47)20-46-21-25-16-30-31(17-26(25)22-46)40(53)48(39(30)52)34-9-11-36(49)45-38(34)51/h2,7-8,10,16-19,23,27-28,34H,3-6,9,11-15,20-22H2,(H,44,50)(H,45,49,51). The number of imide groups is 2. The van der Waals surface area contributed by atoms with E-state index in [4.69, 9.17) is 22.9 Å². The van der Waals surface area contributed by atoms with Gasteiger partial charge in [0.2, 0.25) is 17.5 Å². The molecule has 54 heavy (non-hydrogen) atoms. The highest BCUT2D eigenvalue weighted by atomic mass is 35.5. The van der Waals surface area contributed by atoms with Crippen LogP contribution in [-0.2, 0) is 22.7 Å². The van der Waals surface area contributed by atoms with Crippen LogP contribution in [0.25, 0.3) is 4.85 Å². The quantitative estimate of drug-likeness (QED) is 0.239. The fraction of sp³-hybridized carbons (Fsp3) is 0.425. The van der Waals surface area contributed by atoms with Gasteiger partial charge in [-0.3, -0.25) is 39.1 Å². The molecule has 0 bridgehead atoms. The molecule has 13 nitrogen and oxygen atoms in total. The zero-order chi connectivity index (χ0) is 37.5. The number of hydrogen-bond acceptors (Lipinski definition) is 9. The van der Waals surface area contributed by atoms with Crippen molar-refractivity contribution in [2.24, 2.45) is 5.92 Å². The first-order chi connectivity index (χ1) is 26.1. The smallest absolute Gasteiger partial charge is 0.262 e. The van der Waals surface area contributed by atoms with E-state index in [-0.39, 0.29) is 30.9 Å². The normalized spacial score (nSPS) is 23.1. The number of anilines is 1. The molecule has 8 rings (SSSR count). The first-order valence-electron chi connectivity index (χ1n) is 18.6. The Bertz CT molecular complexity index is 2020. The average molecular weight is 750 g/mol. The van der Waals surface area contributed by atoms with Gasteiger partial charge in [-0.2, -0.15) is 0 Å². The molecule has 3 fully saturated rings. The zero-order valence-electron chi connectivity index (χ0n) is 29.7. The van der Waals surface area contributed by atoms with Crippen LogP contribution in [0.5, 0.6) is 5.75 Å². The first kappa shape index (κ1) is 35.7. The maximum atomic E-state index is 13.3. The Morgan fingerprint density at radius 2 is 1.63 bits per heavy atom. The van der Waals surface area contributed by atoms with Crippen molar-refractivity contribution >= 4 is 52.6 Å². The van der Waals surface area contributed by atoms with E-state index in [0.717, 1.165) is 80.0 Å². The second-order valence-corrected chi connectivity index (χ2v) is 15.3. The Hall–Kier alpha value is -5.32. The number of nitrogens with one attached hydrogen (secondary N) is 2. The highest BCUT2D eigenvalue weighted by Crippen LogP contribution is 2.35. The lowest BCUT2D eigenvalue weighted by Gasteiger charge is -2.34. The molecule has 278 valence electrons. The van der Waals surface area contributed by atoms with E-state index in [2.05, 4.69) is 30.3 Å². The van der Waals surface area contributed by atoms with Crippen molar-refractivity contribution in [3.8, 4) is 5.75 Å². The van der Waals surface area contributed by atoms with E-state index in [9.17, 15) is 24.0 Å². The predicted molar refractivity (Wildman–Crippen MR) is 198 cm³/mol. The number of ether oxygens (including phenoxy) is 1. The molecule has 1 atom stereocenters. The van der Waals surface area contributed by atoms with E-state index < -0.39 is 29.7 Å². The van der Waals surface area contributed by atoms with Crippen LogP contribution in [0, 0.1) is 12.5 Å². The summed E-state index contributed by atoms with van der Waals surface area (Å²) in [4.78, 5) is 77.3. The third-order valence-corrected chi connectivity index (χ3v) is 11.7. The van der Waals surface area contributed by atoms with Gasteiger partial charge in [-0.1, -0.05) is 17.7 Å². The van der Waals surface area contributed by atoms with E-state index in [0.29, 0.717) is 52.2 Å². The number of aromatic nitrogens is 1. The second kappa shape index (κ2) is 14.8. The SMILES string of the molecule is [C-]#[N+]c1ccc(OC2CCC(NC(=O)c3ccc(N4CCC(CN5Cc6cc7c(cc6C5)C(=O)N(C5CCC(=O)NC5=O)C7=O)CC4)nc3)CC2)cc1Cl. The molecule has 1 aromatic heterocycles. The zero-order valence-corrected chi connectivity index (χ0v) is 30.4. The molecular formula is C40H40ClN7O6. The number of pyridine rings is 1. The predicted octanol–water partition coefficient (Wildman–Crippen LogP) is 5.04. The molecule has 5 aliphatic rings. The minimum Gasteiger partial charge on any atom is -0.490 e. The van der Waals surface area contributed by atoms with E-state index >= 15 is 0 Å². The maximum absolute atomic E-state index is 13.3. The van der Waals surface area contributed by atoms with Crippen LogP contribution in [0.4, 0.5) is 11.5 Å². The van der Waals surface area contributed by atoms with E-state index in [1.54, 1.807) is 24.4 Å². The summed E-state index contributed by atoms with van der Waals surface area (Å²) in [5.74, 6) is -0.0737. The molecule has 2 N–H and O–H groups in total. The Kier molecular flexibility index (Phi) is 9.81. The molecule has 2 aromatic carbocycles. The van der Waals surface area contributed by atoms with Crippen molar-refractivity contribution in [2.45, 2.75) is 82.6 Å². The van der Waals surface area contributed by atoms with Crippen molar-refractivity contribution in [1.29, 1.82) is 0 Å². The molecule has 0 radical (unpaired) electrons. The third kappa shape index (κ3) is 7.15. The molecule has 1 unspecified atom stereocenters. The maximum Gasteiger partial charge on any atom is 0.262 e. The number of nitrogens with zero attached hydrogens (tertiary/aromatic N) is 5. The van der Waals surface area contributed by atoms with Crippen LogP contribution in [0.2, 0.25) is 5.02 Å². The largest absolute Gasteiger partial charge is 0.490 e. The van der Waals surface area contributed by atoms with Crippen LogP contribution in [0.15, 0.2) is 48.7 Å². The lowest BCUT2D eigenvalue weighted by molar-refractivity contribution is -0.136. The molecule has 5 amide bonds. The summed E-state index contributed by atoms with van der Waals surface area (Å²) in [6.07, 6.45) is 7.14. The monoisotopic (exact) mass is 749 g/mol. The number of hydrogen-bond donors (Lipinski definition) is 2. The second-order valence-electron chi connectivity index (χ2n) is 14.9. The molecule has 1 saturated carbocycles. The Labute approximate surface area is 317 Å². The summed E-state index contributed by atoms with van der Waals surface area (Å²) < 4.78 is 6.09. The minimum absolute atomic E-state index is 0.0335. The molecule has 4 aliphatic heterocycles. The van der Waals surface area contributed by atoms with Gasteiger partial charge < -0.3 is 15.0 Å². The Balaban J connectivity index is 0.780. The van der Waals surface area contributed by atoms with Gasteiger partial charge in [-0.05, 0) is 98.4 Å².